The van der Waals surface area contributed by atoms with E-state index >= 15 is 0 Å². The van der Waals surface area contributed by atoms with Crippen LogP contribution in [0.25, 0.3) is 66.6 Å². The molecule has 3 N–H and O–H groups in total. The van der Waals surface area contributed by atoms with E-state index in [1.165, 1.54) is 24.3 Å². The molecule has 0 atom stereocenters. The zero-order valence-electron chi connectivity index (χ0n) is 39.7. The Kier molecular flexibility index (Phi) is 13.8. The second-order valence-electron chi connectivity index (χ2n) is 17.5. The zero-order chi connectivity index (χ0) is 50.8. The molecule has 1 aromatic carbocycles. The van der Waals surface area contributed by atoms with Gasteiger partial charge in [-0.1, -0.05) is 0 Å². The van der Waals surface area contributed by atoms with Crippen molar-refractivity contribution in [3.05, 3.63) is 140 Å². The van der Waals surface area contributed by atoms with Crippen LogP contribution in [-0.4, -0.2) is 95.6 Å². The number of nitro groups is 1. The van der Waals surface area contributed by atoms with E-state index in [2.05, 4.69) is 30.0 Å². The average molecular weight is 993 g/mol. The van der Waals surface area contributed by atoms with Crippen LogP contribution in [0.5, 0.6) is 5.75 Å². The van der Waals surface area contributed by atoms with Crippen LogP contribution < -0.4 is 27.2 Å². The number of piperidine rings is 2. The molecule has 2 fully saturated rings. The second-order valence-corrected chi connectivity index (χ2v) is 17.8. The van der Waals surface area contributed by atoms with E-state index in [0.29, 0.717) is 31.4 Å². The smallest absolute Gasteiger partial charge is 0.409 e. The molecule has 72 heavy (non-hydrogen) atoms. The van der Waals surface area contributed by atoms with E-state index in [9.17, 15) is 29.3 Å². The van der Waals surface area contributed by atoms with Crippen LogP contribution in [0, 0.1) is 24.0 Å². The van der Waals surface area contributed by atoms with Crippen LogP contribution in [0.4, 0.5) is 15.3 Å². The highest BCUT2D eigenvalue weighted by atomic mass is 35.5. The lowest BCUT2D eigenvalue weighted by molar-refractivity contribution is -0.384. The van der Waals surface area contributed by atoms with Crippen molar-refractivity contribution < 1.29 is 19.2 Å². The fourth-order valence-electron chi connectivity index (χ4n) is 9.15. The Morgan fingerprint density at radius 3 is 1.57 bits per heavy atom. The summed E-state index contributed by atoms with van der Waals surface area (Å²) < 4.78 is 11.5. The summed E-state index contributed by atoms with van der Waals surface area (Å²) in [5.74, 6) is 0.172. The molecule has 22 heteroatoms. The number of rotatable bonds is 6. The Morgan fingerprint density at radius 2 is 1.15 bits per heavy atom. The normalized spacial score (nSPS) is 14.2. The number of urea groups is 1. The third-order valence-corrected chi connectivity index (χ3v) is 13.1. The SMILES string of the molecule is Cc1ccc(-c2ccc3ncc4c(c3n2)n(C2CCN(C(N)=O)CC2)c(=O)n4C)cn1.Cc1ccc(-c2ccc3ncc4c(c3n2)n(C2CCNCC2)c(=O)n4C)cn1.O=C(Cl)Oc1ccc([N+](=O)[O-])cc1. The molecule has 2 amide bonds. The monoisotopic (exact) mass is 992 g/mol. The number of pyridine rings is 6. The Hall–Kier alpha value is -8.43. The Balaban J connectivity index is 0.000000144. The van der Waals surface area contributed by atoms with Crippen LogP contribution in [-0.2, 0) is 14.1 Å². The maximum absolute atomic E-state index is 13.2. The van der Waals surface area contributed by atoms with Gasteiger partial charge in [-0.3, -0.25) is 48.3 Å². The quantitative estimate of drug-likeness (QED) is 0.0943. The van der Waals surface area contributed by atoms with Gasteiger partial charge in [0, 0.05) is 97.9 Å². The lowest BCUT2D eigenvalue weighted by Gasteiger charge is -2.31. The zero-order valence-corrected chi connectivity index (χ0v) is 40.5. The summed E-state index contributed by atoms with van der Waals surface area (Å²) in [5, 5.41) is 13.6. The molecule has 0 aliphatic carbocycles. The highest BCUT2D eigenvalue weighted by Crippen LogP contribution is 2.32. The lowest BCUT2D eigenvalue weighted by atomic mass is 10.0. The summed E-state index contributed by atoms with van der Waals surface area (Å²) in [6.45, 7) is 6.80. The molecule has 0 bridgehead atoms. The van der Waals surface area contributed by atoms with Crippen molar-refractivity contribution >= 4 is 72.9 Å². The van der Waals surface area contributed by atoms with E-state index in [-0.39, 0.29) is 34.9 Å². The molecular formula is C50H49ClN14O7. The molecule has 0 spiro atoms. The summed E-state index contributed by atoms with van der Waals surface area (Å²) in [4.78, 5) is 86.9. The van der Waals surface area contributed by atoms with Gasteiger partial charge in [-0.05, 0) is 113 Å². The number of carbonyl (C=O) groups is 2. The number of amides is 2. The molecule has 368 valence electrons. The molecule has 9 aromatic rings. The number of aryl methyl sites for hydroxylation is 4. The number of primary amides is 1. The summed E-state index contributed by atoms with van der Waals surface area (Å²) in [5.41, 5.74) is 15.8. The first-order valence-electron chi connectivity index (χ1n) is 23.1. The third kappa shape index (κ3) is 9.83. The fourth-order valence-corrected chi connectivity index (χ4v) is 9.24. The van der Waals surface area contributed by atoms with Gasteiger partial charge in [-0.25, -0.2) is 29.1 Å². The standard InChI is InChI=1S/C22H23N7O2.C21H22N6O.C7H4ClNO4/c1-13-3-4-14(11-24-13)16-5-6-17-19(26-16)20-18(12-25-17)27(2)22(31)29(20)15-7-9-28(10-8-15)21(23)30;1-13-3-4-14(11-23-13)16-5-6-17-19(25-16)20-18(12-24-17)26(2)21(28)27(20)15-7-9-22-10-8-15;8-7(10)13-6-3-1-5(2-4-6)9(11)12/h3-6,11-12,15H,7-10H2,1-2H3,(H2,23,30);3-6,11-12,15,22H,7-10H2,1-2H3;1-4H. The summed E-state index contributed by atoms with van der Waals surface area (Å²) in [6, 6.07) is 20.5. The van der Waals surface area contributed by atoms with Gasteiger partial charge in [0.05, 0.1) is 61.8 Å². The Bertz CT molecular complexity index is 3630. The van der Waals surface area contributed by atoms with Crippen molar-refractivity contribution in [2.75, 3.05) is 26.2 Å². The van der Waals surface area contributed by atoms with Gasteiger partial charge >= 0.3 is 22.8 Å². The first kappa shape index (κ1) is 48.6. The number of halogens is 1. The third-order valence-electron chi connectivity index (χ3n) is 13.0. The maximum Gasteiger partial charge on any atom is 0.409 e. The number of nitrogens with zero attached hydrogens (tertiary/aromatic N) is 12. The van der Waals surface area contributed by atoms with Crippen LogP contribution in [0.2, 0.25) is 0 Å². The Labute approximate surface area is 415 Å². The minimum absolute atomic E-state index is 0.000376. The van der Waals surface area contributed by atoms with Crippen LogP contribution in [0.3, 0.4) is 0 Å². The Morgan fingerprint density at radius 1 is 0.681 bits per heavy atom. The molecule has 0 saturated carbocycles. The second kappa shape index (κ2) is 20.5. The van der Waals surface area contributed by atoms with Crippen molar-refractivity contribution in [2.45, 2.75) is 51.6 Å². The summed E-state index contributed by atoms with van der Waals surface area (Å²) in [7, 11) is 3.56. The number of aromatic nitrogens is 10. The molecule has 21 nitrogen and oxygen atoms in total. The highest BCUT2D eigenvalue weighted by Gasteiger charge is 2.28. The van der Waals surface area contributed by atoms with Crippen molar-refractivity contribution in [1.82, 2.24) is 58.4 Å². The predicted octanol–water partition coefficient (Wildman–Crippen LogP) is 7.28. The van der Waals surface area contributed by atoms with Crippen LogP contribution >= 0.6 is 11.6 Å². The lowest BCUT2D eigenvalue weighted by Crippen LogP contribution is -2.43. The molecule has 0 radical (unpaired) electrons. The largest absolute Gasteiger partial charge is 0.414 e. The molecule has 2 aliphatic heterocycles. The van der Waals surface area contributed by atoms with Crippen LogP contribution in [0.15, 0.2) is 107 Å². The number of nitrogens with two attached hydrogens (primary N) is 1. The summed E-state index contributed by atoms with van der Waals surface area (Å²) in [6.07, 6.45) is 10.3. The van der Waals surface area contributed by atoms with Crippen molar-refractivity contribution in [2.24, 2.45) is 19.8 Å². The van der Waals surface area contributed by atoms with Gasteiger partial charge in [-0.15, -0.1) is 0 Å². The number of fused-ring (bicyclic) bond motifs is 6. The van der Waals surface area contributed by atoms with Gasteiger partial charge < -0.3 is 20.7 Å². The number of imidazole rings is 2. The number of hydrogen-bond acceptors (Lipinski definition) is 14. The average Bonchev–Trinajstić information content (AvgIpc) is 3.81. The number of hydrogen-bond donors (Lipinski definition) is 2. The maximum atomic E-state index is 13.2. The number of nitro benzene ring substituents is 1. The summed E-state index contributed by atoms with van der Waals surface area (Å²) >= 11 is 4.92. The topological polar surface area (TPSA) is 259 Å². The number of non-ortho nitro benzene ring substituents is 1. The van der Waals surface area contributed by atoms with E-state index in [1.54, 1.807) is 39.7 Å². The predicted molar refractivity (Wildman–Crippen MR) is 272 cm³/mol. The minimum atomic E-state index is -0.978. The fraction of sp³-hybridized carbons (Fsp3) is 0.280. The molecule has 11 rings (SSSR count). The minimum Gasteiger partial charge on any atom is -0.414 e. The van der Waals surface area contributed by atoms with Gasteiger partial charge in [0.25, 0.3) is 5.69 Å². The number of likely N-dealkylation sites (tertiary alicyclic amines) is 1. The first-order valence-corrected chi connectivity index (χ1v) is 23.5. The molecule has 2 aliphatic rings. The molecular weight excluding hydrogens is 944 g/mol. The van der Waals surface area contributed by atoms with E-state index in [0.717, 1.165) is 98.5 Å². The molecule has 8 aromatic heterocycles. The van der Waals surface area contributed by atoms with E-state index < -0.39 is 16.4 Å². The number of ether oxygens (including phenoxy) is 1. The van der Waals surface area contributed by atoms with Crippen molar-refractivity contribution in [3.63, 3.8) is 0 Å². The van der Waals surface area contributed by atoms with E-state index in [1.807, 2.05) is 84.8 Å². The van der Waals surface area contributed by atoms with Gasteiger partial charge in [0.1, 0.15) is 16.8 Å². The highest BCUT2D eigenvalue weighted by molar-refractivity contribution is 6.61. The first-order chi connectivity index (χ1) is 34.7. The van der Waals surface area contributed by atoms with Gasteiger partial charge in [-0.2, -0.15) is 0 Å². The molecule has 2 saturated heterocycles. The van der Waals surface area contributed by atoms with Crippen molar-refractivity contribution in [1.29, 1.82) is 0 Å². The van der Waals surface area contributed by atoms with Gasteiger partial charge in [0.15, 0.2) is 0 Å². The van der Waals surface area contributed by atoms with Gasteiger partial charge in [0.2, 0.25) is 0 Å². The van der Waals surface area contributed by atoms with E-state index in [4.69, 9.17) is 27.3 Å². The molecule has 10 heterocycles. The number of nitrogens with one attached hydrogen (secondary N) is 1. The van der Waals surface area contributed by atoms with Crippen molar-refractivity contribution in [3.8, 4) is 28.3 Å². The molecule has 0 unspecified atom stereocenters. The number of carbonyl (C=O) groups excluding carboxylic acids is 2. The van der Waals surface area contributed by atoms with Crippen LogP contribution in [0.1, 0.15) is 49.2 Å². The number of benzene rings is 1.